The number of carbonyl (C=O) groups is 1. The van der Waals surface area contributed by atoms with Crippen LogP contribution in [0.25, 0.3) is 10.9 Å². The summed E-state index contributed by atoms with van der Waals surface area (Å²) in [6.45, 7) is -1.56. The van der Waals surface area contributed by atoms with Gasteiger partial charge in [-0.15, -0.1) is 0 Å². The van der Waals surface area contributed by atoms with Gasteiger partial charge in [0.1, 0.15) is 5.56 Å². The van der Waals surface area contributed by atoms with E-state index in [1.807, 2.05) is 0 Å². The molecular formula is C12H8F3NO3. The first-order chi connectivity index (χ1) is 8.88. The number of nitrogens with zero attached hydrogens (tertiary/aromatic N) is 1. The summed E-state index contributed by atoms with van der Waals surface area (Å²) in [6, 6.07) is 6.25. The number of para-hydroxylation sites is 1. The van der Waals surface area contributed by atoms with E-state index in [9.17, 15) is 18.0 Å². The quantitative estimate of drug-likeness (QED) is 0.932. The van der Waals surface area contributed by atoms with Gasteiger partial charge < -0.3 is 9.84 Å². The predicted molar refractivity (Wildman–Crippen MR) is 60.3 cm³/mol. The van der Waals surface area contributed by atoms with E-state index < -0.39 is 24.5 Å². The molecule has 0 amide bonds. The zero-order chi connectivity index (χ0) is 14.0. The number of hydrogen-bond donors (Lipinski definition) is 1. The van der Waals surface area contributed by atoms with E-state index in [0.717, 1.165) is 6.20 Å². The molecule has 1 aromatic heterocycles. The van der Waals surface area contributed by atoms with Crippen molar-refractivity contribution in [2.24, 2.45) is 0 Å². The first kappa shape index (κ1) is 13.1. The topological polar surface area (TPSA) is 59.4 Å². The summed E-state index contributed by atoms with van der Waals surface area (Å²) >= 11 is 0. The van der Waals surface area contributed by atoms with Gasteiger partial charge in [-0.05, 0) is 6.07 Å². The molecule has 19 heavy (non-hydrogen) atoms. The highest BCUT2D eigenvalue weighted by Gasteiger charge is 2.29. The van der Waals surface area contributed by atoms with E-state index in [1.54, 1.807) is 18.2 Å². The predicted octanol–water partition coefficient (Wildman–Crippen LogP) is 2.87. The Hall–Kier alpha value is -2.31. The maximum Gasteiger partial charge on any atom is 0.422 e. The first-order valence-corrected chi connectivity index (χ1v) is 5.19. The Morgan fingerprint density at radius 1 is 1.32 bits per heavy atom. The summed E-state index contributed by atoms with van der Waals surface area (Å²) in [5.41, 5.74) is 0.0501. The summed E-state index contributed by atoms with van der Waals surface area (Å²) in [7, 11) is 0. The van der Waals surface area contributed by atoms with E-state index in [-0.39, 0.29) is 10.9 Å². The summed E-state index contributed by atoms with van der Waals surface area (Å²) < 4.78 is 40.8. The molecule has 100 valence electrons. The number of hydrogen-bond acceptors (Lipinski definition) is 3. The van der Waals surface area contributed by atoms with Gasteiger partial charge in [-0.2, -0.15) is 13.2 Å². The van der Waals surface area contributed by atoms with Crippen LogP contribution in [-0.2, 0) is 0 Å². The first-order valence-electron chi connectivity index (χ1n) is 5.19. The van der Waals surface area contributed by atoms with Gasteiger partial charge in [-0.25, -0.2) is 4.79 Å². The fourth-order valence-electron chi connectivity index (χ4n) is 1.61. The highest BCUT2D eigenvalue weighted by atomic mass is 19.4. The fourth-order valence-corrected chi connectivity index (χ4v) is 1.61. The van der Waals surface area contributed by atoms with E-state index in [1.165, 1.54) is 6.07 Å². The number of benzene rings is 1. The monoisotopic (exact) mass is 271 g/mol. The van der Waals surface area contributed by atoms with Crippen LogP contribution in [0.5, 0.6) is 5.75 Å². The number of rotatable bonds is 3. The second kappa shape index (κ2) is 4.75. The van der Waals surface area contributed by atoms with Crippen LogP contribution in [0.1, 0.15) is 10.4 Å². The summed E-state index contributed by atoms with van der Waals surface area (Å²) in [4.78, 5) is 15.0. The molecule has 0 aliphatic rings. The Kier molecular flexibility index (Phi) is 3.28. The van der Waals surface area contributed by atoms with Crippen molar-refractivity contribution in [2.45, 2.75) is 6.18 Å². The molecule has 4 nitrogen and oxygen atoms in total. The normalized spacial score (nSPS) is 11.5. The molecule has 2 rings (SSSR count). The highest BCUT2D eigenvalue weighted by Crippen LogP contribution is 2.27. The van der Waals surface area contributed by atoms with Gasteiger partial charge >= 0.3 is 12.1 Å². The fraction of sp³-hybridized carbons (Fsp3) is 0.167. The minimum Gasteiger partial charge on any atom is -0.482 e. The lowest BCUT2D eigenvalue weighted by Crippen LogP contribution is -2.20. The number of pyridine rings is 1. The van der Waals surface area contributed by atoms with Crippen molar-refractivity contribution in [3.63, 3.8) is 0 Å². The lowest BCUT2D eigenvalue weighted by atomic mass is 10.1. The Morgan fingerprint density at radius 2 is 2.00 bits per heavy atom. The van der Waals surface area contributed by atoms with E-state index in [2.05, 4.69) is 9.72 Å². The van der Waals surface area contributed by atoms with Crippen molar-refractivity contribution in [3.8, 4) is 5.75 Å². The van der Waals surface area contributed by atoms with Crippen LogP contribution in [0, 0.1) is 0 Å². The molecule has 1 aromatic carbocycles. The van der Waals surface area contributed by atoms with Gasteiger partial charge in [0.05, 0.1) is 11.7 Å². The van der Waals surface area contributed by atoms with Gasteiger partial charge in [0.15, 0.2) is 12.4 Å². The number of halogens is 3. The molecule has 0 radical (unpaired) electrons. The second-order valence-corrected chi connectivity index (χ2v) is 3.72. The maximum absolute atomic E-state index is 12.1. The standard InChI is InChI=1S/C12H8F3NO3/c13-12(14,15)6-19-9-5-16-8-4-2-1-3-7(8)10(9)11(17)18/h1-5H,6H2,(H,17,18). The van der Waals surface area contributed by atoms with Crippen LogP contribution in [-0.4, -0.2) is 28.8 Å². The molecule has 0 spiro atoms. The number of alkyl halides is 3. The van der Waals surface area contributed by atoms with E-state index in [4.69, 9.17) is 5.11 Å². The molecule has 0 unspecified atom stereocenters. The Bertz CT molecular complexity index is 625. The Balaban J connectivity index is 2.49. The van der Waals surface area contributed by atoms with Crippen LogP contribution in [0.3, 0.4) is 0 Å². The molecule has 7 heteroatoms. The average molecular weight is 271 g/mol. The molecule has 0 aliphatic heterocycles. The van der Waals surface area contributed by atoms with Crippen molar-refractivity contribution in [1.29, 1.82) is 0 Å². The summed E-state index contributed by atoms with van der Waals surface area (Å²) in [6.07, 6.45) is -3.56. The lowest BCUT2D eigenvalue weighted by Gasteiger charge is -2.12. The van der Waals surface area contributed by atoms with Gasteiger partial charge in [0.25, 0.3) is 0 Å². The molecule has 1 heterocycles. The lowest BCUT2D eigenvalue weighted by molar-refractivity contribution is -0.153. The van der Waals surface area contributed by atoms with Crippen LogP contribution >= 0.6 is 0 Å². The van der Waals surface area contributed by atoms with Crippen molar-refractivity contribution < 1.29 is 27.8 Å². The summed E-state index contributed by atoms with van der Waals surface area (Å²) in [5.74, 6) is -1.76. The number of fused-ring (bicyclic) bond motifs is 1. The smallest absolute Gasteiger partial charge is 0.422 e. The highest BCUT2D eigenvalue weighted by molar-refractivity contribution is 6.04. The maximum atomic E-state index is 12.1. The molecule has 1 N–H and O–H groups in total. The molecule has 0 saturated heterocycles. The van der Waals surface area contributed by atoms with Crippen molar-refractivity contribution in [1.82, 2.24) is 4.98 Å². The Labute approximate surface area is 105 Å². The molecule has 2 aromatic rings. The average Bonchev–Trinajstić information content (AvgIpc) is 2.34. The third kappa shape index (κ3) is 2.93. The molecular weight excluding hydrogens is 263 g/mol. The van der Waals surface area contributed by atoms with Crippen molar-refractivity contribution in [3.05, 3.63) is 36.0 Å². The van der Waals surface area contributed by atoms with Gasteiger partial charge in [0.2, 0.25) is 0 Å². The summed E-state index contributed by atoms with van der Waals surface area (Å²) in [5, 5.41) is 9.34. The minimum absolute atomic E-state index is 0.231. The largest absolute Gasteiger partial charge is 0.482 e. The third-order valence-corrected chi connectivity index (χ3v) is 2.35. The molecule has 0 bridgehead atoms. The molecule has 0 aliphatic carbocycles. The molecule has 0 saturated carbocycles. The molecule has 0 fully saturated rings. The Morgan fingerprint density at radius 3 is 2.63 bits per heavy atom. The number of aromatic nitrogens is 1. The number of aromatic carboxylic acids is 1. The van der Waals surface area contributed by atoms with Crippen LogP contribution < -0.4 is 4.74 Å². The minimum atomic E-state index is -4.54. The molecule has 0 atom stereocenters. The zero-order valence-electron chi connectivity index (χ0n) is 9.44. The number of carboxylic acid groups (broad SMARTS) is 1. The van der Waals surface area contributed by atoms with Crippen molar-refractivity contribution in [2.75, 3.05) is 6.61 Å². The van der Waals surface area contributed by atoms with Gasteiger partial charge in [-0.3, -0.25) is 4.98 Å². The SMILES string of the molecule is O=C(O)c1c(OCC(F)(F)F)cnc2ccccc12. The van der Waals surface area contributed by atoms with E-state index >= 15 is 0 Å². The second-order valence-electron chi connectivity index (χ2n) is 3.72. The van der Waals surface area contributed by atoms with E-state index in [0.29, 0.717) is 5.52 Å². The van der Waals surface area contributed by atoms with Gasteiger partial charge in [0, 0.05) is 5.39 Å². The van der Waals surface area contributed by atoms with Crippen LogP contribution in [0.15, 0.2) is 30.5 Å². The third-order valence-electron chi connectivity index (χ3n) is 2.35. The van der Waals surface area contributed by atoms with Crippen molar-refractivity contribution >= 4 is 16.9 Å². The zero-order valence-corrected chi connectivity index (χ0v) is 9.44. The van der Waals surface area contributed by atoms with Gasteiger partial charge in [-0.1, -0.05) is 18.2 Å². The number of carboxylic acids is 1. The van der Waals surface area contributed by atoms with Crippen LogP contribution in [0.4, 0.5) is 13.2 Å². The number of ether oxygens (including phenoxy) is 1. The van der Waals surface area contributed by atoms with Crippen LogP contribution in [0.2, 0.25) is 0 Å².